The number of alkyl halides is 3. The largest absolute Gasteiger partial charge is 0.478 e. The predicted octanol–water partition coefficient (Wildman–Crippen LogP) is 3.39. The topological polar surface area (TPSA) is 50.2 Å². The van der Waals surface area contributed by atoms with Gasteiger partial charge in [0.15, 0.2) is 0 Å². The van der Waals surface area contributed by atoms with Crippen LogP contribution in [0.1, 0.15) is 27.2 Å². The second kappa shape index (κ2) is 5.32. The molecular formula is C14H10F3NO2. The van der Waals surface area contributed by atoms with Crippen molar-refractivity contribution in [3.63, 3.8) is 0 Å². The molecule has 0 saturated carbocycles. The summed E-state index contributed by atoms with van der Waals surface area (Å²) in [6.07, 6.45) is -2.72. The van der Waals surface area contributed by atoms with Gasteiger partial charge < -0.3 is 5.11 Å². The van der Waals surface area contributed by atoms with Crippen LogP contribution < -0.4 is 0 Å². The average molecular weight is 281 g/mol. The number of aromatic nitrogens is 1. The van der Waals surface area contributed by atoms with Crippen LogP contribution >= 0.6 is 0 Å². The van der Waals surface area contributed by atoms with Gasteiger partial charge in [-0.15, -0.1) is 0 Å². The summed E-state index contributed by atoms with van der Waals surface area (Å²) < 4.78 is 37.2. The Morgan fingerprint density at radius 2 is 1.80 bits per heavy atom. The van der Waals surface area contributed by atoms with Crippen molar-refractivity contribution in [2.75, 3.05) is 0 Å². The summed E-state index contributed by atoms with van der Waals surface area (Å²) in [4.78, 5) is 14.8. The van der Waals surface area contributed by atoms with Crippen molar-refractivity contribution in [2.45, 2.75) is 12.6 Å². The first-order chi connectivity index (χ1) is 9.36. The van der Waals surface area contributed by atoms with Gasteiger partial charge in [0.05, 0.1) is 11.1 Å². The van der Waals surface area contributed by atoms with Crippen molar-refractivity contribution < 1.29 is 23.1 Å². The van der Waals surface area contributed by atoms with Crippen LogP contribution in [-0.2, 0) is 12.6 Å². The minimum Gasteiger partial charge on any atom is -0.478 e. The first-order valence-electron chi connectivity index (χ1n) is 5.70. The molecule has 0 aliphatic rings. The number of hydrogen-bond donors (Lipinski definition) is 1. The summed E-state index contributed by atoms with van der Waals surface area (Å²) in [5.41, 5.74) is 0.508. The van der Waals surface area contributed by atoms with Crippen LogP contribution in [0.2, 0.25) is 0 Å². The monoisotopic (exact) mass is 281 g/mol. The lowest BCUT2D eigenvalue weighted by molar-refractivity contribution is -0.137. The number of carbonyl (C=O) groups is 1. The van der Waals surface area contributed by atoms with E-state index < -0.39 is 17.7 Å². The Labute approximate surface area is 112 Å². The van der Waals surface area contributed by atoms with Crippen LogP contribution in [0.15, 0.2) is 42.6 Å². The van der Waals surface area contributed by atoms with Crippen molar-refractivity contribution in [1.82, 2.24) is 4.98 Å². The fraction of sp³-hybridized carbons (Fsp3) is 0.143. The number of benzene rings is 1. The van der Waals surface area contributed by atoms with Crippen molar-refractivity contribution in [3.05, 3.63) is 65.0 Å². The number of pyridine rings is 1. The number of carboxylic acids is 1. The van der Waals surface area contributed by atoms with E-state index in [1.165, 1.54) is 30.5 Å². The molecule has 104 valence electrons. The van der Waals surface area contributed by atoms with Gasteiger partial charge in [-0.1, -0.05) is 12.1 Å². The number of nitrogens with zero attached hydrogens (tertiary/aromatic N) is 1. The third-order valence-electron chi connectivity index (χ3n) is 2.73. The Kier molecular flexibility index (Phi) is 3.74. The lowest BCUT2D eigenvalue weighted by atomic mass is 10.1. The highest BCUT2D eigenvalue weighted by Gasteiger charge is 2.29. The molecule has 0 fully saturated rings. The van der Waals surface area contributed by atoms with Crippen molar-refractivity contribution in [2.24, 2.45) is 0 Å². The second-order valence-electron chi connectivity index (χ2n) is 4.21. The highest BCUT2D eigenvalue weighted by molar-refractivity contribution is 5.87. The molecule has 0 aliphatic carbocycles. The summed E-state index contributed by atoms with van der Waals surface area (Å²) in [6.45, 7) is 0. The summed E-state index contributed by atoms with van der Waals surface area (Å²) in [7, 11) is 0. The molecule has 1 aromatic heterocycles. The Hall–Kier alpha value is -2.37. The molecule has 1 heterocycles. The van der Waals surface area contributed by atoms with Crippen LogP contribution in [0, 0.1) is 0 Å². The third-order valence-corrected chi connectivity index (χ3v) is 2.73. The van der Waals surface area contributed by atoms with Crippen LogP contribution in [0.5, 0.6) is 0 Å². The maximum absolute atomic E-state index is 12.4. The molecule has 0 aliphatic heterocycles. The van der Waals surface area contributed by atoms with E-state index in [4.69, 9.17) is 5.11 Å². The minimum absolute atomic E-state index is 0.0990. The smallest absolute Gasteiger partial charge is 0.416 e. The first-order valence-corrected chi connectivity index (χ1v) is 5.70. The Morgan fingerprint density at radius 3 is 2.35 bits per heavy atom. The molecule has 0 unspecified atom stereocenters. The van der Waals surface area contributed by atoms with Gasteiger partial charge in [-0.25, -0.2) is 4.79 Å². The number of aromatic carboxylic acids is 1. The highest BCUT2D eigenvalue weighted by Crippen LogP contribution is 2.29. The standard InChI is InChI=1S/C14H10F3NO2/c15-14(16,17)11-3-1-9(2-4-11)7-12-8-10(13(19)20)5-6-18-12/h1-6,8H,7H2,(H,19,20). The van der Waals surface area contributed by atoms with Gasteiger partial charge in [-0.3, -0.25) is 4.98 Å². The number of carboxylic acid groups (broad SMARTS) is 1. The molecular weight excluding hydrogens is 271 g/mol. The van der Waals surface area contributed by atoms with Gasteiger partial charge >= 0.3 is 12.1 Å². The molecule has 1 aromatic carbocycles. The molecule has 0 bridgehead atoms. The van der Waals surface area contributed by atoms with Crippen LogP contribution in [0.25, 0.3) is 0 Å². The lowest BCUT2D eigenvalue weighted by Crippen LogP contribution is -2.05. The van der Waals surface area contributed by atoms with E-state index in [-0.39, 0.29) is 12.0 Å². The lowest BCUT2D eigenvalue weighted by Gasteiger charge is -2.07. The van der Waals surface area contributed by atoms with Gasteiger partial charge in [0.25, 0.3) is 0 Å². The molecule has 0 spiro atoms. The van der Waals surface area contributed by atoms with Crippen LogP contribution in [-0.4, -0.2) is 16.1 Å². The van der Waals surface area contributed by atoms with E-state index in [2.05, 4.69) is 4.98 Å². The summed E-state index contributed by atoms with van der Waals surface area (Å²) >= 11 is 0. The van der Waals surface area contributed by atoms with Crippen LogP contribution in [0.3, 0.4) is 0 Å². The summed E-state index contributed by atoms with van der Waals surface area (Å²) in [5, 5.41) is 8.85. The van der Waals surface area contributed by atoms with Crippen molar-refractivity contribution >= 4 is 5.97 Å². The predicted molar refractivity (Wildman–Crippen MR) is 65.4 cm³/mol. The fourth-order valence-corrected chi connectivity index (χ4v) is 1.73. The minimum atomic E-state index is -4.36. The van der Waals surface area contributed by atoms with E-state index in [1.54, 1.807) is 0 Å². The van der Waals surface area contributed by atoms with Gasteiger partial charge in [-0.2, -0.15) is 13.2 Å². The van der Waals surface area contributed by atoms with E-state index in [9.17, 15) is 18.0 Å². The van der Waals surface area contributed by atoms with Gasteiger partial charge in [-0.05, 0) is 29.8 Å². The summed E-state index contributed by atoms with van der Waals surface area (Å²) in [6, 6.07) is 7.47. The molecule has 2 rings (SSSR count). The Morgan fingerprint density at radius 1 is 1.15 bits per heavy atom. The van der Waals surface area contributed by atoms with E-state index in [1.807, 2.05) is 0 Å². The zero-order valence-electron chi connectivity index (χ0n) is 10.2. The molecule has 0 amide bonds. The average Bonchev–Trinajstić information content (AvgIpc) is 2.38. The first kappa shape index (κ1) is 14.0. The van der Waals surface area contributed by atoms with E-state index in [0.29, 0.717) is 11.3 Å². The number of rotatable bonds is 3. The van der Waals surface area contributed by atoms with E-state index >= 15 is 0 Å². The van der Waals surface area contributed by atoms with Crippen LogP contribution in [0.4, 0.5) is 13.2 Å². The Bertz CT molecular complexity index is 621. The molecule has 0 saturated heterocycles. The highest BCUT2D eigenvalue weighted by atomic mass is 19.4. The van der Waals surface area contributed by atoms with Gasteiger partial charge in [0, 0.05) is 18.3 Å². The third kappa shape index (κ3) is 3.34. The Balaban J connectivity index is 2.18. The number of halogens is 3. The fourth-order valence-electron chi connectivity index (χ4n) is 1.73. The quantitative estimate of drug-likeness (QED) is 0.938. The van der Waals surface area contributed by atoms with Crippen molar-refractivity contribution in [1.29, 1.82) is 0 Å². The second-order valence-corrected chi connectivity index (χ2v) is 4.21. The zero-order valence-corrected chi connectivity index (χ0v) is 10.2. The van der Waals surface area contributed by atoms with Crippen molar-refractivity contribution in [3.8, 4) is 0 Å². The molecule has 20 heavy (non-hydrogen) atoms. The maximum Gasteiger partial charge on any atom is 0.416 e. The van der Waals surface area contributed by atoms with Gasteiger partial charge in [0.2, 0.25) is 0 Å². The maximum atomic E-state index is 12.4. The summed E-state index contributed by atoms with van der Waals surface area (Å²) in [5.74, 6) is -1.07. The number of hydrogen-bond acceptors (Lipinski definition) is 2. The normalized spacial score (nSPS) is 11.3. The van der Waals surface area contributed by atoms with Gasteiger partial charge in [0.1, 0.15) is 0 Å². The zero-order chi connectivity index (χ0) is 14.8. The molecule has 2 aromatic rings. The van der Waals surface area contributed by atoms with E-state index in [0.717, 1.165) is 12.1 Å². The molecule has 0 radical (unpaired) electrons. The molecule has 1 N–H and O–H groups in total. The molecule has 6 heteroatoms. The molecule has 0 atom stereocenters. The SMILES string of the molecule is O=C(O)c1ccnc(Cc2ccc(C(F)(F)F)cc2)c1. The molecule has 3 nitrogen and oxygen atoms in total.